The van der Waals surface area contributed by atoms with Gasteiger partial charge in [-0.15, -0.1) is 11.8 Å². The monoisotopic (exact) mass is 341 g/mol. The lowest BCUT2D eigenvalue weighted by Crippen LogP contribution is -2.22. The Bertz CT molecular complexity index is 680. The second-order valence-electron chi connectivity index (χ2n) is 6.46. The largest absolute Gasteiger partial charge is 0.439 e. The summed E-state index contributed by atoms with van der Waals surface area (Å²) in [6, 6.07) is 3.78. The van der Waals surface area contributed by atoms with Crippen LogP contribution in [0.1, 0.15) is 26.7 Å². The molecule has 22 heavy (non-hydrogen) atoms. The second-order valence-corrected chi connectivity index (χ2v) is 8.12. The number of halogens is 1. The first kappa shape index (κ1) is 16.1. The van der Waals surface area contributed by atoms with Gasteiger partial charge in [-0.25, -0.2) is 4.98 Å². The molecule has 3 rings (SSSR count). The van der Waals surface area contributed by atoms with Gasteiger partial charge in [0, 0.05) is 12.5 Å². The molecule has 0 amide bonds. The molecule has 1 unspecified atom stereocenters. The molecule has 0 aliphatic carbocycles. The van der Waals surface area contributed by atoms with Crippen molar-refractivity contribution in [3.63, 3.8) is 0 Å². The number of hydrogen-bond acceptors (Lipinski definition) is 5. The fraction of sp³-hybridized carbons (Fsp3) is 0.562. The lowest BCUT2D eigenvalue weighted by Gasteiger charge is -2.16. The predicted molar refractivity (Wildman–Crippen MR) is 89.0 cm³/mol. The molecule has 6 heteroatoms. The number of benzene rings is 1. The molecule has 4 nitrogen and oxygen atoms in total. The first-order valence-electron chi connectivity index (χ1n) is 7.27. The fourth-order valence-electron chi connectivity index (χ4n) is 2.37. The number of rotatable bonds is 3. The van der Waals surface area contributed by atoms with Gasteiger partial charge in [-0.2, -0.15) is 0 Å². The Balaban J connectivity index is 2.00. The summed E-state index contributed by atoms with van der Waals surface area (Å²) in [5, 5.41) is 0.882. The lowest BCUT2D eigenvalue weighted by molar-refractivity contribution is 0.0835. The molecule has 1 saturated heterocycles. The molecular weight excluding hydrogens is 322 g/mol. The van der Waals surface area contributed by atoms with Crippen molar-refractivity contribution in [2.24, 2.45) is 0 Å². The molecule has 0 radical (unpaired) electrons. The fourth-order valence-corrected chi connectivity index (χ4v) is 3.90. The van der Waals surface area contributed by atoms with Crippen LogP contribution in [0.3, 0.4) is 0 Å². The highest BCUT2D eigenvalue weighted by Crippen LogP contribution is 2.40. The Kier molecular flexibility index (Phi) is 4.42. The molecule has 0 spiro atoms. The van der Waals surface area contributed by atoms with Gasteiger partial charge in [0.05, 0.1) is 34.5 Å². The number of oxazole rings is 1. The summed E-state index contributed by atoms with van der Waals surface area (Å²) in [7, 11) is 1.71. The molecule has 1 aromatic carbocycles. The topological polar surface area (TPSA) is 44.5 Å². The maximum absolute atomic E-state index is 6.41. The van der Waals surface area contributed by atoms with Crippen molar-refractivity contribution in [3.8, 4) is 0 Å². The molecule has 0 saturated carbocycles. The molecule has 1 fully saturated rings. The average Bonchev–Trinajstić information content (AvgIpc) is 3.07. The van der Waals surface area contributed by atoms with E-state index in [0.717, 1.165) is 21.9 Å². The van der Waals surface area contributed by atoms with Crippen molar-refractivity contribution in [1.82, 2.24) is 4.98 Å². The SMILES string of the molecule is CO[C@@H]1COCC1Sc1c(Cl)ccc2nc(C(C)(C)C)oc12. The summed E-state index contributed by atoms with van der Waals surface area (Å²) in [4.78, 5) is 5.51. The first-order valence-corrected chi connectivity index (χ1v) is 8.52. The standard InChI is InChI=1S/C16H20ClNO3S/c1-16(2,3)15-18-10-6-5-9(17)14(13(10)21-15)22-12-8-20-7-11(12)19-4/h5-6,11-12H,7-8H2,1-4H3/t11-,12?/m1/s1. The molecule has 2 aromatic rings. The molecule has 2 heterocycles. The van der Waals surface area contributed by atoms with Crippen molar-refractivity contribution in [2.75, 3.05) is 20.3 Å². The predicted octanol–water partition coefficient (Wildman–Crippen LogP) is 4.28. The highest BCUT2D eigenvalue weighted by molar-refractivity contribution is 8.00. The van der Waals surface area contributed by atoms with Gasteiger partial charge in [0.25, 0.3) is 0 Å². The summed E-state index contributed by atoms with van der Waals surface area (Å²) in [6.07, 6.45) is 0.0707. The minimum atomic E-state index is -0.140. The average molecular weight is 342 g/mol. The Hall–Kier alpha value is -0.750. The van der Waals surface area contributed by atoms with Gasteiger partial charge in [0.2, 0.25) is 5.89 Å². The van der Waals surface area contributed by atoms with E-state index in [-0.39, 0.29) is 16.8 Å². The van der Waals surface area contributed by atoms with Crippen LogP contribution in [0, 0.1) is 0 Å². The quantitative estimate of drug-likeness (QED) is 0.833. The number of hydrogen-bond donors (Lipinski definition) is 0. The van der Waals surface area contributed by atoms with Crippen LogP contribution < -0.4 is 0 Å². The smallest absolute Gasteiger partial charge is 0.200 e. The Morgan fingerprint density at radius 3 is 2.77 bits per heavy atom. The third-order valence-corrected chi connectivity index (χ3v) is 5.47. The number of fused-ring (bicyclic) bond motifs is 1. The van der Waals surface area contributed by atoms with Crippen molar-refractivity contribution >= 4 is 34.5 Å². The molecule has 1 aliphatic rings. The van der Waals surface area contributed by atoms with Gasteiger partial charge >= 0.3 is 0 Å². The van der Waals surface area contributed by atoms with E-state index in [1.807, 2.05) is 12.1 Å². The Morgan fingerprint density at radius 2 is 2.09 bits per heavy atom. The number of thioether (sulfide) groups is 1. The van der Waals surface area contributed by atoms with Crippen LogP contribution in [-0.4, -0.2) is 36.7 Å². The highest BCUT2D eigenvalue weighted by Gasteiger charge is 2.31. The summed E-state index contributed by atoms with van der Waals surface area (Å²) in [5.74, 6) is 0.720. The highest BCUT2D eigenvalue weighted by atomic mass is 35.5. The number of ether oxygens (including phenoxy) is 2. The second kappa shape index (κ2) is 6.04. The number of methoxy groups -OCH3 is 1. The van der Waals surface area contributed by atoms with Gasteiger partial charge in [-0.3, -0.25) is 0 Å². The van der Waals surface area contributed by atoms with Gasteiger partial charge in [0.15, 0.2) is 5.58 Å². The summed E-state index contributed by atoms with van der Waals surface area (Å²) in [6.45, 7) is 7.51. The van der Waals surface area contributed by atoms with Crippen molar-refractivity contribution in [3.05, 3.63) is 23.0 Å². The zero-order chi connectivity index (χ0) is 15.9. The van der Waals surface area contributed by atoms with Crippen molar-refractivity contribution in [2.45, 2.75) is 42.4 Å². The molecule has 2 atom stereocenters. The summed E-state index contributed by atoms with van der Waals surface area (Å²) in [5.41, 5.74) is 1.45. The van der Waals surface area contributed by atoms with Gasteiger partial charge < -0.3 is 13.9 Å². The third-order valence-electron chi connectivity index (χ3n) is 3.66. The first-order chi connectivity index (χ1) is 10.4. The molecule has 120 valence electrons. The van der Waals surface area contributed by atoms with E-state index in [0.29, 0.717) is 18.2 Å². The summed E-state index contributed by atoms with van der Waals surface area (Å²) >= 11 is 8.05. The maximum Gasteiger partial charge on any atom is 0.200 e. The van der Waals surface area contributed by atoms with E-state index in [4.69, 9.17) is 25.5 Å². The normalized spacial score (nSPS) is 22.6. The molecule has 0 bridgehead atoms. The van der Waals surface area contributed by atoms with Crippen LogP contribution in [-0.2, 0) is 14.9 Å². The summed E-state index contributed by atoms with van der Waals surface area (Å²) < 4.78 is 17.0. The molecule has 1 aromatic heterocycles. The minimum absolute atomic E-state index is 0.0707. The van der Waals surface area contributed by atoms with E-state index in [1.165, 1.54) is 0 Å². The van der Waals surface area contributed by atoms with Crippen LogP contribution >= 0.6 is 23.4 Å². The van der Waals surface area contributed by atoms with Gasteiger partial charge in [-0.05, 0) is 12.1 Å². The zero-order valence-electron chi connectivity index (χ0n) is 13.2. The van der Waals surface area contributed by atoms with E-state index < -0.39 is 0 Å². The van der Waals surface area contributed by atoms with Gasteiger partial charge in [-0.1, -0.05) is 32.4 Å². The molecule has 1 aliphatic heterocycles. The van der Waals surface area contributed by atoms with Crippen LogP contribution in [0.4, 0.5) is 0 Å². The zero-order valence-corrected chi connectivity index (χ0v) is 14.8. The van der Waals surface area contributed by atoms with Crippen molar-refractivity contribution in [1.29, 1.82) is 0 Å². The van der Waals surface area contributed by atoms with E-state index >= 15 is 0 Å². The van der Waals surface area contributed by atoms with E-state index in [1.54, 1.807) is 18.9 Å². The van der Waals surface area contributed by atoms with Crippen LogP contribution in [0.5, 0.6) is 0 Å². The number of nitrogens with zero attached hydrogens (tertiary/aromatic N) is 1. The van der Waals surface area contributed by atoms with Crippen LogP contribution in [0.2, 0.25) is 5.02 Å². The molecular formula is C16H20ClNO3S. The Labute approximate surface area is 139 Å². The van der Waals surface area contributed by atoms with Crippen molar-refractivity contribution < 1.29 is 13.9 Å². The van der Waals surface area contributed by atoms with E-state index in [9.17, 15) is 0 Å². The number of aromatic nitrogens is 1. The van der Waals surface area contributed by atoms with Gasteiger partial charge in [0.1, 0.15) is 5.52 Å². The third kappa shape index (κ3) is 3.00. The van der Waals surface area contributed by atoms with Crippen LogP contribution in [0.15, 0.2) is 21.4 Å². The molecule has 0 N–H and O–H groups in total. The maximum atomic E-state index is 6.41. The van der Waals surface area contributed by atoms with E-state index in [2.05, 4.69) is 25.8 Å². The Morgan fingerprint density at radius 1 is 1.32 bits per heavy atom. The van der Waals surface area contributed by atoms with Crippen LogP contribution in [0.25, 0.3) is 11.1 Å². The lowest BCUT2D eigenvalue weighted by atomic mass is 9.97. The minimum Gasteiger partial charge on any atom is -0.439 e.